The van der Waals surface area contributed by atoms with Crippen molar-refractivity contribution in [2.75, 3.05) is 5.75 Å². The fourth-order valence-electron chi connectivity index (χ4n) is 1.78. The lowest BCUT2D eigenvalue weighted by Crippen LogP contribution is -2.04. The van der Waals surface area contributed by atoms with Gasteiger partial charge in [-0.25, -0.2) is 8.42 Å². The summed E-state index contributed by atoms with van der Waals surface area (Å²) in [4.78, 5) is 0. The third kappa shape index (κ3) is 2.12. The van der Waals surface area contributed by atoms with Crippen LogP contribution in [0.3, 0.4) is 0 Å². The Labute approximate surface area is 90.6 Å². The first-order chi connectivity index (χ1) is 6.98. The van der Waals surface area contributed by atoms with Crippen LogP contribution in [0, 0.1) is 13.8 Å². The Hall–Kier alpha value is -1.09. The first-order valence-electron chi connectivity index (χ1n) is 4.96. The number of aryl methyl sites for hydroxylation is 2. The standard InChI is InChI=1S/C12H14O2S/c1-9-3-4-11(7-10(9)2)12-5-6-15(13,14)8-12/h3-7,12H,8H2,1-2H3. The van der Waals surface area contributed by atoms with Gasteiger partial charge >= 0.3 is 0 Å². The summed E-state index contributed by atoms with van der Waals surface area (Å²) < 4.78 is 22.6. The molecular weight excluding hydrogens is 208 g/mol. The van der Waals surface area contributed by atoms with Crippen LogP contribution in [0.2, 0.25) is 0 Å². The van der Waals surface area contributed by atoms with Crippen LogP contribution in [0.15, 0.2) is 29.7 Å². The largest absolute Gasteiger partial charge is 0.224 e. The lowest BCUT2D eigenvalue weighted by atomic mass is 9.97. The Bertz CT molecular complexity index is 512. The summed E-state index contributed by atoms with van der Waals surface area (Å²) >= 11 is 0. The molecule has 0 saturated heterocycles. The van der Waals surface area contributed by atoms with E-state index in [9.17, 15) is 8.42 Å². The zero-order valence-electron chi connectivity index (χ0n) is 8.90. The van der Waals surface area contributed by atoms with Gasteiger partial charge in [0.05, 0.1) is 5.75 Å². The second kappa shape index (κ2) is 3.49. The highest BCUT2D eigenvalue weighted by Crippen LogP contribution is 2.27. The number of hydrogen-bond donors (Lipinski definition) is 0. The van der Waals surface area contributed by atoms with Gasteiger partial charge in [-0.3, -0.25) is 0 Å². The molecule has 0 aliphatic carbocycles. The van der Waals surface area contributed by atoms with Crippen molar-refractivity contribution in [2.45, 2.75) is 19.8 Å². The summed E-state index contributed by atoms with van der Waals surface area (Å²) in [6.45, 7) is 4.10. The number of rotatable bonds is 1. The predicted octanol–water partition coefficient (Wildman–Crippen LogP) is 2.33. The first-order valence-corrected chi connectivity index (χ1v) is 6.67. The van der Waals surface area contributed by atoms with Gasteiger partial charge in [0.2, 0.25) is 0 Å². The van der Waals surface area contributed by atoms with Crippen LogP contribution in [-0.2, 0) is 9.84 Å². The molecule has 1 heterocycles. The number of sulfone groups is 1. The van der Waals surface area contributed by atoms with Gasteiger partial charge in [-0.05, 0) is 30.5 Å². The Morgan fingerprint density at radius 3 is 2.47 bits per heavy atom. The van der Waals surface area contributed by atoms with E-state index in [1.807, 2.05) is 19.1 Å². The summed E-state index contributed by atoms with van der Waals surface area (Å²) in [5.41, 5.74) is 3.55. The maximum absolute atomic E-state index is 11.3. The minimum atomic E-state index is -2.95. The van der Waals surface area contributed by atoms with Crippen molar-refractivity contribution in [1.29, 1.82) is 0 Å². The van der Waals surface area contributed by atoms with Gasteiger partial charge < -0.3 is 0 Å². The van der Waals surface area contributed by atoms with Crippen molar-refractivity contribution in [3.63, 3.8) is 0 Å². The number of benzene rings is 1. The molecule has 1 aromatic rings. The van der Waals surface area contributed by atoms with Crippen molar-refractivity contribution in [3.8, 4) is 0 Å². The van der Waals surface area contributed by atoms with Crippen molar-refractivity contribution in [2.24, 2.45) is 0 Å². The van der Waals surface area contributed by atoms with E-state index in [1.54, 1.807) is 6.08 Å². The minimum absolute atomic E-state index is 0.0364. The second-order valence-corrected chi connectivity index (χ2v) is 6.04. The van der Waals surface area contributed by atoms with Crippen LogP contribution >= 0.6 is 0 Å². The smallest absolute Gasteiger partial charge is 0.172 e. The van der Waals surface area contributed by atoms with E-state index in [4.69, 9.17) is 0 Å². The number of hydrogen-bond acceptors (Lipinski definition) is 2. The molecule has 0 radical (unpaired) electrons. The third-order valence-electron chi connectivity index (χ3n) is 2.89. The van der Waals surface area contributed by atoms with Gasteiger partial charge in [-0.2, -0.15) is 0 Å². The molecular formula is C12H14O2S. The minimum Gasteiger partial charge on any atom is -0.224 e. The summed E-state index contributed by atoms with van der Waals surface area (Å²) in [6, 6.07) is 6.13. The van der Waals surface area contributed by atoms with Gasteiger partial charge in [0, 0.05) is 11.3 Å². The quantitative estimate of drug-likeness (QED) is 0.730. The molecule has 0 spiro atoms. The normalized spacial score (nSPS) is 23.2. The lowest BCUT2D eigenvalue weighted by molar-refractivity contribution is 0.604. The molecule has 2 rings (SSSR count). The molecule has 3 heteroatoms. The maximum Gasteiger partial charge on any atom is 0.172 e. The van der Waals surface area contributed by atoms with Crippen LogP contribution in [0.25, 0.3) is 0 Å². The molecule has 1 unspecified atom stereocenters. The highest BCUT2D eigenvalue weighted by Gasteiger charge is 2.22. The van der Waals surface area contributed by atoms with E-state index in [-0.39, 0.29) is 11.7 Å². The van der Waals surface area contributed by atoms with Crippen LogP contribution in [0.4, 0.5) is 0 Å². The Balaban J connectivity index is 2.33. The van der Waals surface area contributed by atoms with Gasteiger partial charge in [0.25, 0.3) is 0 Å². The molecule has 15 heavy (non-hydrogen) atoms. The van der Waals surface area contributed by atoms with E-state index < -0.39 is 9.84 Å². The Morgan fingerprint density at radius 2 is 1.93 bits per heavy atom. The van der Waals surface area contributed by atoms with Crippen LogP contribution < -0.4 is 0 Å². The third-order valence-corrected chi connectivity index (χ3v) is 4.28. The molecule has 0 amide bonds. The van der Waals surface area contributed by atoms with Gasteiger partial charge in [-0.1, -0.05) is 24.3 Å². The molecule has 0 N–H and O–H groups in total. The van der Waals surface area contributed by atoms with E-state index in [1.165, 1.54) is 16.5 Å². The van der Waals surface area contributed by atoms with Gasteiger partial charge in [0.1, 0.15) is 0 Å². The predicted molar refractivity (Wildman–Crippen MR) is 61.6 cm³/mol. The van der Waals surface area contributed by atoms with E-state index in [0.29, 0.717) is 0 Å². The Morgan fingerprint density at radius 1 is 1.20 bits per heavy atom. The zero-order chi connectivity index (χ0) is 11.1. The summed E-state index contributed by atoms with van der Waals surface area (Å²) in [5.74, 6) is 0.254. The fraction of sp³-hybridized carbons (Fsp3) is 0.333. The Kier molecular flexibility index (Phi) is 2.43. The molecule has 1 aliphatic rings. The van der Waals surface area contributed by atoms with Crippen molar-refractivity contribution in [1.82, 2.24) is 0 Å². The van der Waals surface area contributed by atoms with Gasteiger partial charge in [-0.15, -0.1) is 0 Å². The maximum atomic E-state index is 11.3. The van der Waals surface area contributed by atoms with Crippen LogP contribution in [-0.4, -0.2) is 14.2 Å². The molecule has 2 nitrogen and oxygen atoms in total. The molecule has 0 saturated carbocycles. The first kappa shape index (κ1) is 10.4. The second-order valence-electron chi connectivity index (χ2n) is 4.11. The SMILES string of the molecule is Cc1ccc(C2C=CS(=O)(=O)C2)cc1C. The molecule has 0 aromatic heterocycles. The highest BCUT2D eigenvalue weighted by atomic mass is 32.2. The summed E-state index contributed by atoms with van der Waals surface area (Å²) in [7, 11) is -2.95. The molecule has 0 bridgehead atoms. The summed E-state index contributed by atoms with van der Waals surface area (Å²) in [6.07, 6.45) is 1.78. The highest BCUT2D eigenvalue weighted by molar-refractivity contribution is 7.94. The zero-order valence-corrected chi connectivity index (χ0v) is 9.71. The van der Waals surface area contributed by atoms with E-state index in [2.05, 4.69) is 13.0 Å². The average Bonchev–Trinajstić information content (AvgIpc) is 2.51. The molecule has 1 atom stereocenters. The topological polar surface area (TPSA) is 34.1 Å². The fourth-order valence-corrected chi connectivity index (χ4v) is 3.12. The van der Waals surface area contributed by atoms with E-state index in [0.717, 1.165) is 5.56 Å². The summed E-state index contributed by atoms with van der Waals surface area (Å²) in [5, 5.41) is 1.33. The lowest BCUT2D eigenvalue weighted by Gasteiger charge is -2.09. The average molecular weight is 222 g/mol. The molecule has 0 fully saturated rings. The molecule has 1 aromatic carbocycles. The van der Waals surface area contributed by atoms with Crippen molar-refractivity contribution < 1.29 is 8.42 Å². The van der Waals surface area contributed by atoms with E-state index >= 15 is 0 Å². The van der Waals surface area contributed by atoms with Crippen molar-refractivity contribution >= 4 is 9.84 Å². The number of allylic oxidation sites excluding steroid dienone is 1. The van der Waals surface area contributed by atoms with Crippen LogP contribution in [0.1, 0.15) is 22.6 Å². The van der Waals surface area contributed by atoms with Crippen LogP contribution in [0.5, 0.6) is 0 Å². The monoisotopic (exact) mass is 222 g/mol. The molecule has 80 valence electrons. The van der Waals surface area contributed by atoms with Gasteiger partial charge in [0.15, 0.2) is 9.84 Å². The van der Waals surface area contributed by atoms with Crippen molar-refractivity contribution in [3.05, 3.63) is 46.4 Å². The molecule has 1 aliphatic heterocycles.